The van der Waals surface area contributed by atoms with Crippen LogP contribution in [0.5, 0.6) is 5.75 Å². The zero-order chi connectivity index (χ0) is 15.2. The van der Waals surface area contributed by atoms with Crippen molar-refractivity contribution in [2.75, 3.05) is 24.3 Å². The summed E-state index contributed by atoms with van der Waals surface area (Å²) in [5.74, 6) is 0.632. The minimum absolute atomic E-state index is 0.129. The molecule has 2 aromatic carbocycles. The number of carbonyl (C=O) groups is 1. The van der Waals surface area contributed by atoms with Gasteiger partial charge in [-0.2, -0.15) is 0 Å². The Morgan fingerprint density at radius 2 is 1.86 bits per heavy atom. The standard InChI is InChI=1S/C17H20N2O2/c1-4-18-16-11-12(2)5-10-15(16)17(20)19-13-6-8-14(21-3)9-7-13/h5-11,18H,4H2,1-3H3,(H,19,20). The molecule has 0 saturated heterocycles. The maximum atomic E-state index is 12.4. The first-order valence-corrected chi connectivity index (χ1v) is 6.94. The normalized spacial score (nSPS) is 10.0. The second-order valence-corrected chi connectivity index (χ2v) is 4.76. The molecule has 0 fully saturated rings. The summed E-state index contributed by atoms with van der Waals surface area (Å²) >= 11 is 0. The molecule has 110 valence electrons. The van der Waals surface area contributed by atoms with Gasteiger partial charge >= 0.3 is 0 Å². The molecule has 0 unspecified atom stereocenters. The van der Waals surface area contributed by atoms with Crippen LogP contribution in [0.15, 0.2) is 42.5 Å². The van der Waals surface area contributed by atoms with E-state index in [1.165, 1.54) is 0 Å². The van der Waals surface area contributed by atoms with Crippen molar-refractivity contribution in [1.29, 1.82) is 0 Å². The smallest absolute Gasteiger partial charge is 0.257 e. The van der Waals surface area contributed by atoms with E-state index in [1.807, 2.05) is 56.3 Å². The van der Waals surface area contributed by atoms with E-state index in [2.05, 4.69) is 10.6 Å². The van der Waals surface area contributed by atoms with Crippen molar-refractivity contribution in [2.45, 2.75) is 13.8 Å². The molecule has 0 spiro atoms. The van der Waals surface area contributed by atoms with Crippen molar-refractivity contribution in [3.05, 3.63) is 53.6 Å². The van der Waals surface area contributed by atoms with Crippen molar-refractivity contribution in [2.24, 2.45) is 0 Å². The largest absolute Gasteiger partial charge is 0.497 e. The fraction of sp³-hybridized carbons (Fsp3) is 0.235. The van der Waals surface area contributed by atoms with Gasteiger partial charge in [0.25, 0.3) is 5.91 Å². The number of aryl methyl sites for hydroxylation is 1. The Bertz CT molecular complexity index is 621. The third kappa shape index (κ3) is 3.75. The molecular weight excluding hydrogens is 264 g/mol. The summed E-state index contributed by atoms with van der Waals surface area (Å²) < 4.78 is 5.10. The molecule has 0 aliphatic heterocycles. The number of ether oxygens (including phenoxy) is 1. The summed E-state index contributed by atoms with van der Waals surface area (Å²) in [6.45, 7) is 4.78. The Hall–Kier alpha value is -2.49. The Morgan fingerprint density at radius 1 is 1.14 bits per heavy atom. The zero-order valence-corrected chi connectivity index (χ0v) is 12.6. The summed E-state index contributed by atoms with van der Waals surface area (Å²) in [4.78, 5) is 12.4. The van der Waals surface area contributed by atoms with E-state index in [9.17, 15) is 4.79 Å². The topological polar surface area (TPSA) is 50.4 Å². The average Bonchev–Trinajstić information content (AvgIpc) is 2.48. The van der Waals surface area contributed by atoms with E-state index in [1.54, 1.807) is 7.11 Å². The Morgan fingerprint density at radius 3 is 2.48 bits per heavy atom. The highest BCUT2D eigenvalue weighted by Crippen LogP contribution is 2.20. The molecule has 4 nitrogen and oxygen atoms in total. The van der Waals surface area contributed by atoms with E-state index in [0.29, 0.717) is 5.56 Å². The van der Waals surface area contributed by atoms with Crippen LogP contribution in [0.4, 0.5) is 11.4 Å². The molecule has 4 heteroatoms. The highest BCUT2D eigenvalue weighted by molar-refractivity contribution is 6.08. The molecule has 0 aliphatic rings. The van der Waals surface area contributed by atoms with Crippen molar-refractivity contribution in [1.82, 2.24) is 0 Å². The molecule has 1 amide bonds. The average molecular weight is 284 g/mol. The van der Waals surface area contributed by atoms with Gasteiger partial charge in [0.05, 0.1) is 12.7 Å². The fourth-order valence-electron chi connectivity index (χ4n) is 2.07. The van der Waals surface area contributed by atoms with E-state index >= 15 is 0 Å². The summed E-state index contributed by atoms with van der Waals surface area (Å²) in [7, 11) is 1.61. The number of methoxy groups -OCH3 is 1. The first-order chi connectivity index (χ1) is 10.1. The van der Waals surface area contributed by atoms with Gasteiger partial charge in [-0.05, 0) is 55.8 Å². The summed E-state index contributed by atoms with van der Waals surface area (Å²) in [5, 5.41) is 6.11. The van der Waals surface area contributed by atoms with Crippen LogP contribution in [-0.2, 0) is 0 Å². The molecule has 21 heavy (non-hydrogen) atoms. The number of rotatable bonds is 5. The number of hydrogen-bond acceptors (Lipinski definition) is 3. The van der Waals surface area contributed by atoms with Crippen molar-refractivity contribution in [3.63, 3.8) is 0 Å². The maximum absolute atomic E-state index is 12.4. The van der Waals surface area contributed by atoms with Crippen LogP contribution in [0.3, 0.4) is 0 Å². The third-order valence-corrected chi connectivity index (χ3v) is 3.13. The number of nitrogens with one attached hydrogen (secondary N) is 2. The van der Waals surface area contributed by atoms with Gasteiger partial charge in [0.2, 0.25) is 0 Å². The lowest BCUT2D eigenvalue weighted by Gasteiger charge is -2.12. The Kier molecular flexibility index (Phi) is 4.82. The van der Waals surface area contributed by atoms with Crippen molar-refractivity contribution in [3.8, 4) is 5.75 Å². The lowest BCUT2D eigenvalue weighted by atomic mass is 10.1. The molecule has 0 saturated carbocycles. The highest BCUT2D eigenvalue weighted by Gasteiger charge is 2.11. The Balaban J connectivity index is 2.19. The number of hydrogen-bond donors (Lipinski definition) is 2. The van der Waals surface area contributed by atoms with Gasteiger partial charge in [0.15, 0.2) is 0 Å². The predicted molar refractivity (Wildman–Crippen MR) is 86.3 cm³/mol. The van der Waals surface area contributed by atoms with Gasteiger partial charge in [-0.3, -0.25) is 4.79 Å². The van der Waals surface area contributed by atoms with Gasteiger partial charge in [-0.25, -0.2) is 0 Å². The van der Waals surface area contributed by atoms with Gasteiger partial charge in [-0.15, -0.1) is 0 Å². The molecule has 2 rings (SSSR count). The quantitative estimate of drug-likeness (QED) is 0.880. The van der Waals surface area contributed by atoms with Gasteiger partial charge in [0, 0.05) is 17.9 Å². The number of amides is 1. The molecule has 0 heterocycles. The Labute approximate surface area is 125 Å². The molecule has 2 aromatic rings. The van der Waals surface area contributed by atoms with Crippen LogP contribution >= 0.6 is 0 Å². The van der Waals surface area contributed by atoms with E-state index in [0.717, 1.165) is 29.2 Å². The first kappa shape index (κ1) is 14.9. The zero-order valence-electron chi connectivity index (χ0n) is 12.6. The van der Waals surface area contributed by atoms with E-state index < -0.39 is 0 Å². The lowest BCUT2D eigenvalue weighted by molar-refractivity contribution is 0.102. The molecule has 2 N–H and O–H groups in total. The van der Waals surface area contributed by atoms with Crippen LogP contribution < -0.4 is 15.4 Å². The van der Waals surface area contributed by atoms with E-state index in [4.69, 9.17) is 4.74 Å². The molecule has 0 aromatic heterocycles. The summed E-state index contributed by atoms with van der Waals surface area (Å²) in [6.07, 6.45) is 0. The summed E-state index contributed by atoms with van der Waals surface area (Å²) in [6, 6.07) is 13.0. The second kappa shape index (κ2) is 6.79. The molecular formula is C17H20N2O2. The molecule has 0 radical (unpaired) electrons. The van der Waals surface area contributed by atoms with E-state index in [-0.39, 0.29) is 5.91 Å². The molecule has 0 aliphatic carbocycles. The van der Waals surface area contributed by atoms with Crippen LogP contribution in [0, 0.1) is 6.92 Å². The van der Waals surface area contributed by atoms with Gasteiger partial charge < -0.3 is 15.4 Å². The lowest BCUT2D eigenvalue weighted by Crippen LogP contribution is -2.15. The van der Waals surface area contributed by atoms with Crippen molar-refractivity contribution >= 4 is 17.3 Å². The molecule has 0 atom stereocenters. The SMILES string of the molecule is CCNc1cc(C)ccc1C(=O)Nc1ccc(OC)cc1. The van der Waals surface area contributed by atoms with Crippen LogP contribution in [0.2, 0.25) is 0 Å². The van der Waals surface area contributed by atoms with Gasteiger partial charge in [0.1, 0.15) is 5.75 Å². The number of anilines is 2. The number of benzene rings is 2. The minimum atomic E-state index is -0.129. The number of carbonyl (C=O) groups excluding carboxylic acids is 1. The predicted octanol–water partition coefficient (Wildman–Crippen LogP) is 3.69. The third-order valence-electron chi connectivity index (χ3n) is 3.13. The van der Waals surface area contributed by atoms with Crippen molar-refractivity contribution < 1.29 is 9.53 Å². The van der Waals surface area contributed by atoms with Crippen LogP contribution in [0.1, 0.15) is 22.8 Å². The summed E-state index contributed by atoms with van der Waals surface area (Å²) in [5.41, 5.74) is 3.34. The second-order valence-electron chi connectivity index (χ2n) is 4.76. The minimum Gasteiger partial charge on any atom is -0.497 e. The van der Waals surface area contributed by atoms with Crippen LogP contribution in [-0.4, -0.2) is 19.6 Å². The van der Waals surface area contributed by atoms with Gasteiger partial charge in [-0.1, -0.05) is 6.07 Å². The van der Waals surface area contributed by atoms with Crippen LogP contribution in [0.25, 0.3) is 0 Å². The fourth-order valence-corrected chi connectivity index (χ4v) is 2.07. The maximum Gasteiger partial charge on any atom is 0.257 e. The monoisotopic (exact) mass is 284 g/mol. The first-order valence-electron chi connectivity index (χ1n) is 6.94. The molecule has 0 bridgehead atoms. The highest BCUT2D eigenvalue weighted by atomic mass is 16.5.